The van der Waals surface area contributed by atoms with Gasteiger partial charge in [0.25, 0.3) is 0 Å². The molecule has 0 fully saturated rings. The van der Waals surface area contributed by atoms with Crippen molar-refractivity contribution < 1.29 is 6.15 Å². The van der Waals surface area contributed by atoms with Crippen LogP contribution in [0.3, 0.4) is 0 Å². The second-order valence-corrected chi connectivity index (χ2v) is 11.0. The van der Waals surface area contributed by atoms with Gasteiger partial charge < -0.3 is 0 Å². The standard InChI is InChI=1S/C14H21BrS.C10H13BrS.2CH4.He/c1-6-7-8-16-14-11(4)9(2)13(15)10(3)12(14)5;1-2-3-8-12-10-6-4-9(11)5-7-10;;;/h6-8H2,1-5H3;4-7H,2-3,8H2,1H3;2*1H4;. The zero-order valence-corrected chi connectivity index (χ0v) is 23.6. The fourth-order valence-electron chi connectivity index (χ4n) is 2.63. The topological polar surface area (TPSA) is 0 Å². The molecule has 0 nitrogen and oxygen atoms in total. The third-order valence-electron chi connectivity index (χ3n) is 4.79. The number of unbranched alkanes of at least 4 members (excludes halogenated alkanes) is 2. The van der Waals surface area contributed by atoms with E-state index in [1.54, 1.807) is 0 Å². The normalized spacial score (nSPS) is 9.55. The summed E-state index contributed by atoms with van der Waals surface area (Å²) >= 11 is 11.1. The van der Waals surface area contributed by atoms with Crippen molar-refractivity contribution in [3.8, 4) is 0 Å². The Bertz CT molecular complexity index is 702. The summed E-state index contributed by atoms with van der Waals surface area (Å²) < 4.78 is 2.43. The van der Waals surface area contributed by atoms with Gasteiger partial charge in [0.2, 0.25) is 0 Å². The Morgan fingerprint density at radius 1 is 0.677 bits per heavy atom. The van der Waals surface area contributed by atoms with Gasteiger partial charge in [0.15, 0.2) is 0 Å². The SMILES string of the molecule is C.C.CCCCSc1c(C)c(C)c(Br)c(C)c1C.CCCCSc1ccc(Br)cc1.[He]. The first kappa shape index (κ1) is 35.6. The Morgan fingerprint density at radius 2 is 1.10 bits per heavy atom. The minimum atomic E-state index is 0. The van der Waals surface area contributed by atoms with Crippen LogP contribution in [0.1, 0.15) is 76.6 Å². The molecule has 0 N–H and O–H groups in total. The molecule has 0 amide bonds. The molecule has 0 radical (unpaired) electrons. The number of thioether (sulfide) groups is 2. The van der Waals surface area contributed by atoms with E-state index in [2.05, 4.69) is 97.7 Å². The molecule has 0 aliphatic heterocycles. The number of hydrogen-bond donors (Lipinski definition) is 0. The first-order valence-electron chi connectivity index (χ1n) is 10.1. The molecule has 0 aliphatic carbocycles. The average Bonchev–Trinajstić information content (AvgIpc) is 2.70. The third-order valence-corrected chi connectivity index (χ3v) is 9.00. The summed E-state index contributed by atoms with van der Waals surface area (Å²) in [5.74, 6) is 2.47. The van der Waals surface area contributed by atoms with Crippen LogP contribution >= 0.6 is 55.4 Å². The molecule has 5 heteroatoms. The average molecular weight is 583 g/mol. The molecule has 0 heterocycles. The summed E-state index contributed by atoms with van der Waals surface area (Å²) in [5, 5.41) is 0. The van der Waals surface area contributed by atoms with Crippen LogP contribution < -0.4 is 0 Å². The molecule has 2 aromatic rings. The maximum Gasteiger partial charge on any atom is 0.0239 e. The minimum absolute atomic E-state index is 0. The van der Waals surface area contributed by atoms with Gasteiger partial charge in [0, 0.05) is 24.9 Å². The molecule has 0 aromatic heterocycles. The predicted molar refractivity (Wildman–Crippen MR) is 152 cm³/mol. The van der Waals surface area contributed by atoms with Gasteiger partial charge in [-0.2, -0.15) is 0 Å². The first-order valence-corrected chi connectivity index (χ1v) is 13.7. The summed E-state index contributed by atoms with van der Waals surface area (Å²) in [5.41, 5.74) is 5.66. The van der Waals surface area contributed by atoms with Crippen molar-refractivity contribution in [2.45, 2.75) is 91.9 Å². The zero-order valence-electron chi connectivity index (χ0n) is 18.8. The molecule has 2 rings (SSSR count). The van der Waals surface area contributed by atoms with E-state index in [1.165, 1.54) is 73.7 Å². The zero-order chi connectivity index (χ0) is 21.1. The smallest absolute Gasteiger partial charge is 0.0239 e. The largest absolute Gasteiger partial charge is 0.126 e. The second-order valence-electron chi connectivity index (χ2n) is 7.00. The van der Waals surface area contributed by atoms with Gasteiger partial charge in [-0.3, -0.25) is 0 Å². The molecule has 0 spiro atoms. The molecular formula is C26H42Br2HeS2. The summed E-state index contributed by atoms with van der Waals surface area (Å²) in [6.45, 7) is 13.4. The van der Waals surface area contributed by atoms with Crippen LogP contribution in [-0.2, 0) is 0 Å². The second kappa shape index (κ2) is 19.5. The minimum Gasteiger partial charge on any atom is -0.126 e. The molecule has 0 saturated carbocycles. The van der Waals surface area contributed by atoms with Crippen molar-refractivity contribution >= 4 is 55.4 Å². The number of rotatable bonds is 8. The summed E-state index contributed by atoms with van der Waals surface area (Å²) in [6.07, 6.45) is 5.17. The maximum atomic E-state index is 3.69. The molecule has 0 atom stereocenters. The van der Waals surface area contributed by atoms with E-state index in [9.17, 15) is 0 Å². The summed E-state index contributed by atoms with van der Waals surface area (Å²) in [6, 6.07) is 8.50. The van der Waals surface area contributed by atoms with Crippen molar-refractivity contribution in [3.63, 3.8) is 0 Å². The Balaban J connectivity index is -0.000000476. The van der Waals surface area contributed by atoms with Crippen molar-refractivity contribution in [1.29, 1.82) is 0 Å². The maximum absolute atomic E-state index is 3.69. The quantitative estimate of drug-likeness (QED) is 0.224. The fourth-order valence-corrected chi connectivity index (χ4v) is 5.87. The van der Waals surface area contributed by atoms with Crippen LogP contribution in [0.2, 0.25) is 0 Å². The van der Waals surface area contributed by atoms with Gasteiger partial charge >= 0.3 is 0 Å². The van der Waals surface area contributed by atoms with Gasteiger partial charge in [0.05, 0.1) is 0 Å². The predicted octanol–water partition coefficient (Wildman–Crippen LogP) is 11.2. The van der Waals surface area contributed by atoms with E-state index in [0.29, 0.717) is 0 Å². The molecule has 0 bridgehead atoms. The Kier molecular flexibility index (Phi) is 22.4. The third kappa shape index (κ3) is 12.2. The van der Waals surface area contributed by atoms with Crippen molar-refractivity contribution in [2.24, 2.45) is 0 Å². The van der Waals surface area contributed by atoms with Crippen LogP contribution in [0.4, 0.5) is 0 Å². The van der Waals surface area contributed by atoms with E-state index in [-0.39, 0.29) is 21.0 Å². The van der Waals surface area contributed by atoms with E-state index < -0.39 is 0 Å². The van der Waals surface area contributed by atoms with Crippen molar-refractivity contribution in [1.82, 2.24) is 0 Å². The van der Waals surface area contributed by atoms with Gasteiger partial charge in [-0.1, -0.05) is 73.4 Å². The van der Waals surface area contributed by atoms with Crippen LogP contribution in [0.15, 0.2) is 43.0 Å². The molecular weight excluding hydrogens is 540 g/mol. The van der Waals surface area contributed by atoms with E-state index in [0.717, 1.165) is 4.47 Å². The number of hydrogen-bond acceptors (Lipinski definition) is 2. The summed E-state index contributed by atoms with van der Waals surface area (Å²) in [4.78, 5) is 2.86. The molecule has 31 heavy (non-hydrogen) atoms. The van der Waals surface area contributed by atoms with Crippen LogP contribution in [0.25, 0.3) is 0 Å². The van der Waals surface area contributed by atoms with Gasteiger partial charge in [0.1, 0.15) is 0 Å². The molecule has 174 valence electrons. The number of benzene rings is 2. The first-order chi connectivity index (χ1) is 13.3. The molecule has 0 saturated heterocycles. The van der Waals surface area contributed by atoms with Crippen LogP contribution in [0.5, 0.6) is 0 Å². The van der Waals surface area contributed by atoms with E-state index in [4.69, 9.17) is 0 Å². The Labute approximate surface area is 219 Å². The monoisotopic (exact) mass is 580 g/mol. The number of halogens is 2. The van der Waals surface area contributed by atoms with E-state index in [1.807, 2.05) is 23.5 Å². The molecule has 2 aromatic carbocycles. The molecule has 0 unspecified atom stereocenters. The van der Waals surface area contributed by atoms with Crippen LogP contribution in [-0.4, -0.2) is 11.5 Å². The Hall–Kier alpha value is 0.00909. The summed E-state index contributed by atoms with van der Waals surface area (Å²) in [7, 11) is 0. The van der Waals surface area contributed by atoms with Gasteiger partial charge in [-0.25, -0.2) is 0 Å². The van der Waals surface area contributed by atoms with Crippen molar-refractivity contribution in [2.75, 3.05) is 11.5 Å². The van der Waals surface area contributed by atoms with Gasteiger partial charge in [-0.05, 0) is 98.6 Å². The molecule has 0 aliphatic rings. The van der Waals surface area contributed by atoms with Crippen LogP contribution in [0, 0.1) is 33.8 Å². The van der Waals surface area contributed by atoms with Gasteiger partial charge in [-0.15, -0.1) is 23.5 Å². The Morgan fingerprint density at radius 3 is 1.52 bits per heavy atom. The fraction of sp³-hybridized carbons (Fsp3) is 0.538. The van der Waals surface area contributed by atoms with Crippen molar-refractivity contribution in [3.05, 3.63) is 55.5 Å². The van der Waals surface area contributed by atoms with E-state index >= 15 is 0 Å².